The molecule has 3 nitrogen and oxygen atoms in total. The van der Waals surface area contributed by atoms with Gasteiger partial charge in [0.05, 0.1) is 6.61 Å². The normalized spacial score (nSPS) is 19.2. The molecule has 1 fully saturated rings. The first-order chi connectivity index (χ1) is 5.86. The molecule has 1 aliphatic rings. The molecule has 0 aromatic rings. The Balaban J connectivity index is 2.14. The Kier molecular flexibility index (Phi) is 3.92. The minimum Gasteiger partial charge on any atom is -0.383 e. The molecule has 68 valence electrons. The lowest BCUT2D eigenvalue weighted by molar-refractivity contribution is 0.118. The van der Waals surface area contributed by atoms with Crippen molar-refractivity contribution in [2.45, 2.75) is 0 Å². The first-order valence-electron chi connectivity index (χ1n) is 4.29. The molecule has 1 heterocycles. The summed E-state index contributed by atoms with van der Waals surface area (Å²) in [5, 5.41) is 0. The van der Waals surface area contributed by atoms with E-state index in [1.54, 1.807) is 7.11 Å². The van der Waals surface area contributed by atoms with E-state index < -0.39 is 0 Å². The van der Waals surface area contributed by atoms with Crippen LogP contribution in [-0.4, -0.2) is 56.2 Å². The molecular formula is C9H16N2O. The summed E-state index contributed by atoms with van der Waals surface area (Å²) < 4.78 is 5.00. The largest absolute Gasteiger partial charge is 0.383 e. The summed E-state index contributed by atoms with van der Waals surface area (Å²) in [6.45, 7) is 5.94. The molecule has 1 rings (SSSR count). The molecule has 0 atom stereocenters. The molecule has 0 amide bonds. The topological polar surface area (TPSA) is 15.7 Å². The van der Waals surface area contributed by atoms with Crippen LogP contribution in [0.4, 0.5) is 0 Å². The van der Waals surface area contributed by atoms with E-state index in [4.69, 9.17) is 11.2 Å². The van der Waals surface area contributed by atoms with Gasteiger partial charge in [0.15, 0.2) is 0 Å². The van der Waals surface area contributed by atoms with Crippen LogP contribution in [0.25, 0.3) is 0 Å². The molecule has 0 unspecified atom stereocenters. The van der Waals surface area contributed by atoms with E-state index >= 15 is 0 Å². The molecule has 0 saturated carbocycles. The van der Waals surface area contributed by atoms with Crippen molar-refractivity contribution in [2.75, 3.05) is 46.4 Å². The maximum atomic E-state index is 5.28. The number of terminal acetylenes is 1. The van der Waals surface area contributed by atoms with Gasteiger partial charge < -0.3 is 9.64 Å². The van der Waals surface area contributed by atoms with E-state index in [2.05, 4.69) is 10.9 Å². The maximum absolute atomic E-state index is 5.28. The number of rotatable bonds is 3. The van der Waals surface area contributed by atoms with Crippen LogP contribution >= 0.6 is 0 Å². The van der Waals surface area contributed by atoms with E-state index in [1.807, 2.05) is 4.90 Å². The lowest BCUT2D eigenvalue weighted by atomic mass is 10.3. The van der Waals surface area contributed by atoms with E-state index in [0.29, 0.717) is 0 Å². The van der Waals surface area contributed by atoms with Gasteiger partial charge in [-0.05, 0) is 0 Å². The number of nitrogens with zero attached hydrogens (tertiary/aromatic N) is 2. The minimum absolute atomic E-state index is 0.816. The van der Waals surface area contributed by atoms with E-state index in [9.17, 15) is 0 Å². The van der Waals surface area contributed by atoms with Crippen molar-refractivity contribution in [2.24, 2.45) is 0 Å². The SMILES string of the molecule is C#CN1CCN(CCOC)CC1. The second kappa shape index (κ2) is 5.02. The van der Waals surface area contributed by atoms with Crippen LogP contribution < -0.4 is 0 Å². The predicted molar refractivity (Wildman–Crippen MR) is 48.7 cm³/mol. The summed E-state index contributed by atoms with van der Waals surface area (Å²) in [5.74, 6) is 0. The molecule has 12 heavy (non-hydrogen) atoms. The molecule has 0 radical (unpaired) electrons. The average Bonchev–Trinajstić information content (AvgIpc) is 2.15. The van der Waals surface area contributed by atoms with Crippen molar-refractivity contribution in [1.29, 1.82) is 0 Å². The van der Waals surface area contributed by atoms with Crippen molar-refractivity contribution in [3.63, 3.8) is 0 Å². The number of hydrogen-bond donors (Lipinski definition) is 0. The van der Waals surface area contributed by atoms with Gasteiger partial charge in [0, 0.05) is 45.9 Å². The molecule has 0 aromatic carbocycles. The third-order valence-corrected chi connectivity index (χ3v) is 2.17. The number of piperazine rings is 1. The van der Waals surface area contributed by atoms with E-state index in [1.165, 1.54) is 0 Å². The minimum atomic E-state index is 0.816. The molecule has 1 aliphatic heterocycles. The van der Waals surface area contributed by atoms with E-state index in [0.717, 1.165) is 39.3 Å². The summed E-state index contributed by atoms with van der Waals surface area (Å²) in [6, 6.07) is 2.66. The van der Waals surface area contributed by atoms with Gasteiger partial charge in [-0.2, -0.15) is 0 Å². The number of ether oxygens (including phenoxy) is 1. The van der Waals surface area contributed by atoms with Crippen LogP contribution in [0.15, 0.2) is 0 Å². The molecule has 3 heteroatoms. The highest BCUT2D eigenvalue weighted by Gasteiger charge is 2.13. The van der Waals surface area contributed by atoms with Crippen LogP contribution in [0.2, 0.25) is 0 Å². The Morgan fingerprint density at radius 2 is 2.00 bits per heavy atom. The van der Waals surface area contributed by atoms with Gasteiger partial charge in [0.25, 0.3) is 0 Å². The highest BCUT2D eigenvalue weighted by atomic mass is 16.5. The fourth-order valence-corrected chi connectivity index (χ4v) is 1.32. The zero-order valence-electron chi connectivity index (χ0n) is 7.62. The van der Waals surface area contributed by atoms with Crippen molar-refractivity contribution in [1.82, 2.24) is 9.80 Å². The smallest absolute Gasteiger partial charge is 0.0589 e. The van der Waals surface area contributed by atoms with Gasteiger partial charge in [-0.1, -0.05) is 6.42 Å². The van der Waals surface area contributed by atoms with E-state index in [-0.39, 0.29) is 0 Å². The second-order valence-electron chi connectivity index (χ2n) is 2.95. The molecule has 1 saturated heterocycles. The first-order valence-corrected chi connectivity index (χ1v) is 4.29. The lowest BCUT2D eigenvalue weighted by Crippen LogP contribution is -2.45. The number of hydrogen-bond acceptors (Lipinski definition) is 3. The third kappa shape index (κ3) is 2.72. The molecule has 0 N–H and O–H groups in total. The molecule has 0 aromatic heterocycles. The van der Waals surface area contributed by atoms with Crippen LogP contribution in [0.1, 0.15) is 0 Å². The summed E-state index contributed by atoms with van der Waals surface area (Å²) in [4.78, 5) is 4.39. The van der Waals surface area contributed by atoms with Crippen molar-refractivity contribution in [3.05, 3.63) is 0 Å². The second-order valence-corrected chi connectivity index (χ2v) is 2.95. The van der Waals surface area contributed by atoms with Crippen LogP contribution in [0.3, 0.4) is 0 Å². The summed E-state index contributed by atoms with van der Waals surface area (Å²) >= 11 is 0. The zero-order valence-corrected chi connectivity index (χ0v) is 7.62. The van der Waals surface area contributed by atoms with Gasteiger partial charge >= 0.3 is 0 Å². The van der Waals surface area contributed by atoms with Gasteiger partial charge in [0.1, 0.15) is 0 Å². The third-order valence-electron chi connectivity index (χ3n) is 2.17. The van der Waals surface area contributed by atoms with Gasteiger partial charge in [-0.15, -0.1) is 0 Å². The zero-order chi connectivity index (χ0) is 8.81. The highest BCUT2D eigenvalue weighted by molar-refractivity contribution is 4.88. The van der Waals surface area contributed by atoms with Gasteiger partial charge in [-0.3, -0.25) is 4.90 Å². The Hall–Kier alpha value is -0.720. The summed E-state index contributed by atoms with van der Waals surface area (Å²) in [6.07, 6.45) is 5.28. The fourth-order valence-electron chi connectivity index (χ4n) is 1.32. The predicted octanol–water partition coefficient (Wildman–Crippen LogP) is -0.159. The standard InChI is InChI=1S/C9H16N2O/c1-3-10-4-6-11(7-5-10)8-9-12-2/h1H,4-9H2,2H3. The van der Waals surface area contributed by atoms with Crippen LogP contribution in [-0.2, 0) is 4.74 Å². The van der Waals surface area contributed by atoms with Crippen LogP contribution in [0.5, 0.6) is 0 Å². The Bertz CT molecular complexity index is 156. The highest BCUT2D eigenvalue weighted by Crippen LogP contribution is 1.98. The fraction of sp³-hybridized carbons (Fsp3) is 0.778. The Morgan fingerprint density at radius 3 is 2.50 bits per heavy atom. The Morgan fingerprint density at radius 1 is 1.33 bits per heavy atom. The van der Waals surface area contributed by atoms with Crippen molar-refractivity contribution >= 4 is 0 Å². The maximum Gasteiger partial charge on any atom is 0.0589 e. The lowest BCUT2D eigenvalue weighted by Gasteiger charge is -2.32. The summed E-state index contributed by atoms with van der Waals surface area (Å²) in [7, 11) is 1.73. The number of methoxy groups -OCH3 is 1. The summed E-state index contributed by atoms with van der Waals surface area (Å²) in [5.41, 5.74) is 0. The van der Waals surface area contributed by atoms with Gasteiger partial charge in [-0.25, -0.2) is 0 Å². The molecule has 0 aliphatic carbocycles. The Labute approximate surface area is 74.3 Å². The first kappa shape index (κ1) is 9.37. The molecule has 0 spiro atoms. The molecule has 0 bridgehead atoms. The average molecular weight is 168 g/mol. The molecular weight excluding hydrogens is 152 g/mol. The van der Waals surface area contributed by atoms with Crippen molar-refractivity contribution in [3.8, 4) is 12.5 Å². The van der Waals surface area contributed by atoms with Gasteiger partial charge in [0.2, 0.25) is 0 Å². The van der Waals surface area contributed by atoms with Crippen molar-refractivity contribution < 1.29 is 4.74 Å². The quantitative estimate of drug-likeness (QED) is 0.545. The monoisotopic (exact) mass is 168 g/mol. The van der Waals surface area contributed by atoms with Crippen LogP contribution in [0, 0.1) is 12.5 Å².